The van der Waals surface area contributed by atoms with Gasteiger partial charge in [0.05, 0.1) is 0 Å². The summed E-state index contributed by atoms with van der Waals surface area (Å²) < 4.78 is 0. The van der Waals surface area contributed by atoms with Gasteiger partial charge in [-0.2, -0.15) is 0 Å². The second-order valence-corrected chi connectivity index (χ2v) is 5.47. The number of fused-ring (bicyclic) bond motifs is 1. The Labute approximate surface area is 114 Å². The predicted molar refractivity (Wildman–Crippen MR) is 74.7 cm³/mol. The van der Waals surface area contributed by atoms with Gasteiger partial charge in [-0.3, -0.25) is 9.69 Å². The molecule has 102 valence electrons. The van der Waals surface area contributed by atoms with E-state index < -0.39 is 5.54 Å². The first-order valence-electron chi connectivity index (χ1n) is 7.09. The summed E-state index contributed by atoms with van der Waals surface area (Å²) in [5.41, 5.74) is 7.65. The number of carbonyl (C=O) groups excluding carboxylic acids is 1. The zero-order valence-corrected chi connectivity index (χ0v) is 11.2. The maximum absolute atomic E-state index is 12.3. The van der Waals surface area contributed by atoms with Crippen molar-refractivity contribution in [3.8, 4) is 0 Å². The van der Waals surface area contributed by atoms with Gasteiger partial charge >= 0.3 is 0 Å². The van der Waals surface area contributed by atoms with Crippen LogP contribution in [0.1, 0.15) is 24.0 Å². The summed E-state index contributed by atoms with van der Waals surface area (Å²) in [4.78, 5) is 14.6. The first-order valence-corrected chi connectivity index (χ1v) is 7.09. The lowest BCUT2D eigenvalue weighted by Crippen LogP contribution is -2.54. The molecule has 4 nitrogen and oxygen atoms in total. The number of amides is 1. The quantitative estimate of drug-likeness (QED) is 0.818. The summed E-state index contributed by atoms with van der Waals surface area (Å²) in [7, 11) is 0. The standard InChI is InChI=1S/C15H21N3O/c16-14(19)15(18-10-3-8-17-9-11-18)7-6-12-4-1-2-5-13(12)15/h1-2,4-5,17H,3,6-11H2,(H2,16,19). The number of nitrogens with zero attached hydrogens (tertiary/aromatic N) is 1. The van der Waals surface area contributed by atoms with Crippen LogP contribution in [-0.2, 0) is 16.8 Å². The number of nitrogens with one attached hydrogen (secondary N) is 1. The van der Waals surface area contributed by atoms with Gasteiger partial charge in [-0.05, 0) is 36.9 Å². The van der Waals surface area contributed by atoms with Crippen molar-refractivity contribution in [3.05, 3.63) is 35.4 Å². The Morgan fingerprint density at radius 1 is 1.26 bits per heavy atom. The topological polar surface area (TPSA) is 58.4 Å². The van der Waals surface area contributed by atoms with Crippen LogP contribution in [0, 0.1) is 0 Å². The van der Waals surface area contributed by atoms with Gasteiger partial charge in [0, 0.05) is 19.6 Å². The average molecular weight is 259 g/mol. The predicted octanol–water partition coefficient (Wildman–Crippen LogP) is 0.609. The minimum atomic E-state index is -0.581. The van der Waals surface area contributed by atoms with E-state index in [9.17, 15) is 4.79 Å². The van der Waals surface area contributed by atoms with E-state index in [1.807, 2.05) is 12.1 Å². The maximum Gasteiger partial charge on any atom is 0.242 e. The molecular weight excluding hydrogens is 238 g/mol. The number of nitrogens with two attached hydrogens (primary N) is 1. The van der Waals surface area contributed by atoms with E-state index in [0.717, 1.165) is 51.0 Å². The van der Waals surface area contributed by atoms with E-state index in [0.29, 0.717) is 0 Å². The number of primary amides is 1. The van der Waals surface area contributed by atoms with Crippen LogP contribution in [-0.4, -0.2) is 37.0 Å². The molecule has 3 N–H and O–H groups in total. The van der Waals surface area contributed by atoms with Gasteiger partial charge < -0.3 is 11.1 Å². The number of carbonyl (C=O) groups is 1. The second kappa shape index (κ2) is 4.94. The molecule has 1 aromatic rings. The molecular formula is C15H21N3O. The van der Waals surface area contributed by atoms with Gasteiger partial charge in [0.2, 0.25) is 5.91 Å². The van der Waals surface area contributed by atoms with Crippen molar-refractivity contribution >= 4 is 5.91 Å². The van der Waals surface area contributed by atoms with E-state index in [-0.39, 0.29) is 5.91 Å². The fourth-order valence-electron chi connectivity index (χ4n) is 3.56. The van der Waals surface area contributed by atoms with E-state index in [1.54, 1.807) is 0 Å². The zero-order chi connectivity index (χ0) is 13.3. The zero-order valence-electron chi connectivity index (χ0n) is 11.2. The molecule has 1 aliphatic heterocycles. The van der Waals surface area contributed by atoms with E-state index in [4.69, 9.17) is 5.73 Å². The third kappa shape index (κ3) is 1.95. The van der Waals surface area contributed by atoms with Crippen LogP contribution in [0.15, 0.2) is 24.3 Å². The Balaban J connectivity index is 2.03. The molecule has 1 aromatic carbocycles. The van der Waals surface area contributed by atoms with Gasteiger partial charge in [0.1, 0.15) is 5.54 Å². The molecule has 1 amide bonds. The molecule has 1 aliphatic carbocycles. The highest BCUT2D eigenvalue weighted by molar-refractivity contribution is 5.87. The Bertz CT molecular complexity index is 480. The summed E-state index contributed by atoms with van der Waals surface area (Å²) in [6.45, 7) is 3.77. The molecule has 1 heterocycles. The molecule has 0 saturated carbocycles. The van der Waals surface area contributed by atoms with Crippen LogP contribution < -0.4 is 11.1 Å². The molecule has 0 aromatic heterocycles. The van der Waals surface area contributed by atoms with Crippen molar-refractivity contribution in [3.63, 3.8) is 0 Å². The molecule has 4 heteroatoms. The molecule has 0 bridgehead atoms. The minimum absolute atomic E-state index is 0.195. The summed E-state index contributed by atoms with van der Waals surface area (Å²) in [6, 6.07) is 8.25. The van der Waals surface area contributed by atoms with Gasteiger partial charge in [0.25, 0.3) is 0 Å². The molecule has 1 fully saturated rings. The SMILES string of the molecule is NC(=O)C1(N2CCCNCC2)CCc2ccccc21. The highest BCUT2D eigenvalue weighted by atomic mass is 16.1. The van der Waals surface area contributed by atoms with Crippen LogP contribution in [0.2, 0.25) is 0 Å². The number of benzene rings is 1. The van der Waals surface area contributed by atoms with Crippen LogP contribution in [0.4, 0.5) is 0 Å². The van der Waals surface area contributed by atoms with Crippen LogP contribution in [0.25, 0.3) is 0 Å². The highest BCUT2D eigenvalue weighted by Gasteiger charge is 2.48. The van der Waals surface area contributed by atoms with E-state index in [2.05, 4.69) is 22.3 Å². The van der Waals surface area contributed by atoms with Crippen molar-refractivity contribution in [1.29, 1.82) is 0 Å². The van der Waals surface area contributed by atoms with Crippen LogP contribution in [0.3, 0.4) is 0 Å². The lowest BCUT2D eigenvalue weighted by Gasteiger charge is -2.39. The Kier molecular flexibility index (Phi) is 3.29. The smallest absolute Gasteiger partial charge is 0.242 e. The molecule has 0 radical (unpaired) electrons. The van der Waals surface area contributed by atoms with Crippen molar-refractivity contribution in [2.24, 2.45) is 5.73 Å². The van der Waals surface area contributed by atoms with Gasteiger partial charge in [-0.25, -0.2) is 0 Å². The lowest BCUT2D eigenvalue weighted by molar-refractivity contribution is -0.131. The van der Waals surface area contributed by atoms with Gasteiger partial charge in [-0.15, -0.1) is 0 Å². The molecule has 0 spiro atoms. The molecule has 3 rings (SSSR count). The van der Waals surface area contributed by atoms with E-state index in [1.165, 1.54) is 5.56 Å². The number of hydrogen-bond donors (Lipinski definition) is 2. The summed E-state index contributed by atoms with van der Waals surface area (Å²) >= 11 is 0. The minimum Gasteiger partial charge on any atom is -0.368 e. The first-order chi connectivity index (χ1) is 9.25. The third-order valence-corrected chi connectivity index (χ3v) is 4.51. The molecule has 1 unspecified atom stereocenters. The van der Waals surface area contributed by atoms with Crippen molar-refractivity contribution < 1.29 is 4.79 Å². The normalized spacial score (nSPS) is 27.8. The number of rotatable bonds is 2. The number of aryl methyl sites for hydroxylation is 1. The van der Waals surface area contributed by atoms with Crippen molar-refractivity contribution in [2.45, 2.75) is 24.8 Å². The number of hydrogen-bond acceptors (Lipinski definition) is 3. The van der Waals surface area contributed by atoms with Crippen molar-refractivity contribution in [1.82, 2.24) is 10.2 Å². The monoisotopic (exact) mass is 259 g/mol. The van der Waals surface area contributed by atoms with Gasteiger partial charge in [-0.1, -0.05) is 24.3 Å². The Hall–Kier alpha value is -1.39. The molecule has 1 atom stereocenters. The Morgan fingerprint density at radius 3 is 2.95 bits per heavy atom. The Morgan fingerprint density at radius 2 is 2.11 bits per heavy atom. The fraction of sp³-hybridized carbons (Fsp3) is 0.533. The molecule has 1 saturated heterocycles. The van der Waals surface area contributed by atoms with Crippen LogP contribution in [0.5, 0.6) is 0 Å². The summed E-state index contributed by atoms with van der Waals surface area (Å²) in [5.74, 6) is -0.195. The summed E-state index contributed by atoms with van der Waals surface area (Å²) in [6.07, 6.45) is 2.84. The lowest BCUT2D eigenvalue weighted by atomic mass is 9.88. The fourth-order valence-corrected chi connectivity index (χ4v) is 3.56. The highest BCUT2D eigenvalue weighted by Crippen LogP contribution is 2.41. The first kappa shape index (κ1) is 12.6. The maximum atomic E-state index is 12.3. The second-order valence-electron chi connectivity index (χ2n) is 5.47. The third-order valence-electron chi connectivity index (χ3n) is 4.51. The summed E-state index contributed by atoms with van der Waals surface area (Å²) in [5, 5.41) is 3.39. The largest absolute Gasteiger partial charge is 0.368 e. The average Bonchev–Trinajstić information content (AvgIpc) is 2.61. The van der Waals surface area contributed by atoms with E-state index >= 15 is 0 Å². The molecule has 2 aliphatic rings. The van der Waals surface area contributed by atoms with Crippen molar-refractivity contribution in [2.75, 3.05) is 26.2 Å². The van der Waals surface area contributed by atoms with Gasteiger partial charge in [0.15, 0.2) is 0 Å². The molecule has 19 heavy (non-hydrogen) atoms. The van der Waals surface area contributed by atoms with Crippen LogP contribution >= 0.6 is 0 Å².